The van der Waals surface area contributed by atoms with Gasteiger partial charge >= 0.3 is 5.97 Å². The molecule has 0 aromatic heterocycles. The van der Waals surface area contributed by atoms with Gasteiger partial charge in [0.05, 0.1) is 25.4 Å². The molecule has 0 radical (unpaired) electrons. The third-order valence-corrected chi connectivity index (χ3v) is 6.00. The number of Topliss-reactive ketones (excluding diaryl/α,β-unsaturated/α-hetero) is 1. The van der Waals surface area contributed by atoms with Gasteiger partial charge in [-0.15, -0.1) is 0 Å². The molecule has 8 heteroatoms. The summed E-state index contributed by atoms with van der Waals surface area (Å²) in [6, 6.07) is 7.12. The van der Waals surface area contributed by atoms with Crippen molar-refractivity contribution in [3.8, 4) is 0 Å². The van der Waals surface area contributed by atoms with Crippen molar-refractivity contribution in [2.45, 2.75) is 53.4 Å². The number of amides is 1. The van der Waals surface area contributed by atoms with Crippen molar-refractivity contribution in [2.75, 3.05) is 26.4 Å². The molecule has 7 nitrogen and oxygen atoms in total. The van der Waals surface area contributed by atoms with Crippen LogP contribution in [0.1, 0.15) is 58.9 Å². The van der Waals surface area contributed by atoms with Gasteiger partial charge in [0.2, 0.25) is 5.91 Å². The summed E-state index contributed by atoms with van der Waals surface area (Å²) < 4.78 is 11.0. The molecule has 0 heterocycles. The Morgan fingerprint density at radius 2 is 1.91 bits per heavy atom. The first-order valence-electron chi connectivity index (χ1n) is 11.4. The molecule has 0 saturated heterocycles. The standard InChI is InChI=1S/C26H35ClN2O5/c1-6-34-25(32)24(20(28)15-33-12-11-29-17(3)30)23(18-9-7-8-10-19(18)27)22-16(2)13-26(4,5)14-21(22)31/h7-10,23H,6,11-15,28H2,1-5H3,(H,29,30)/b24-20+. The summed E-state index contributed by atoms with van der Waals surface area (Å²) in [5.74, 6) is -1.61. The zero-order chi connectivity index (χ0) is 25.5. The number of hydrogen-bond donors (Lipinski definition) is 2. The van der Waals surface area contributed by atoms with E-state index in [1.807, 2.05) is 13.0 Å². The van der Waals surface area contributed by atoms with Gasteiger partial charge in [0, 0.05) is 42.1 Å². The molecule has 1 amide bonds. The fourth-order valence-corrected chi connectivity index (χ4v) is 4.66. The van der Waals surface area contributed by atoms with Crippen LogP contribution in [-0.4, -0.2) is 44.0 Å². The van der Waals surface area contributed by atoms with Gasteiger partial charge < -0.3 is 20.5 Å². The molecule has 0 spiro atoms. The lowest BCUT2D eigenvalue weighted by atomic mass is 9.68. The summed E-state index contributed by atoms with van der Waals surface area (Å²) in [4.78, 5) is 37.7. The average molecular weight is 491 g/mol. The zero-order valence-electron chi connectivity index (χ0n) is 20.6. The molecule has 1 aromatic rings. The van der Waals surface area contributed by atoms with Crippen LogP contribution in [-0.2, 0) is 23.9 Å². The first-order chi connectivity index (χ1) is 16.0. The molecule has 2 rings (SSSR count). The second-order valence-corrected chi connectivity index (χ2v) is 9.69. The van der Waals surface area contributed by atoms with Crippen LogP contribution in [0, 0.1) is 5.41 Å². The van der Waals surface area contributed by atoms with E-state index in [9.17, 15) is 14.4 Å². The van der Waals surface area contributed by atoms with E-state index in [2.05, 4.69) is 19.2 Å². The number of ketones is 1. The van der Waals surface area contributed by atoms with Crippen LogP contribution in [0.15, 0.2) is 46.7 Å². The third kappa shape index (κ3) is 7.18. The molecule has 1 aromatic carbocycles. The van der Waals surface area contributed by atoms with Gasteiger partial charge in [0.15, 0.2) is 5.78 Å². The van der Waals surface area contributed by atoms with Crippen LogP contribution < -0.4 is 11.1 Å². The number of benzene rings is 1. The number of nitrogens with two attached hydrogens (primary N) is 1. The number of halogens is 1. The summed E-state index contributed by atoms with van der Waals surface area (Å²) >= 11 is 6.57. The minimum atomic E-state index is -0.782. The number of hydrogen-bond acceptors (Lipinski definition) is 6. The Kier molecular flexibility index (Phi) is 9.89. The second kappa shape index (κ2) is 12.2. The van der Waals surface area contributed by atoms with Crippen molar-refractivity contribution in [1.29, 1.82) is 0 Å². The first kappa shape index (κ1) is 27.6. The van der Waals surface area contributed by atoms with E-state index in [1.165, 1.54) is 6.92 Å². The van der Waals surface area contributed by atoms with Gasteiger partial charge in [-0.2, -0.15) is 0 Å². The zero-order valence-corrected chi connectivity index (χ0v) is 21.4. The fourth-order valence-electron chi connectivity index (χ4n) is 4.42. The summed E-state index contributed by atoms with van der Waals surface area (Å²) in [7, 11) is 0. The molecule has 0 fully saturated rings. The number of esters is 1. The molecule has 186 valence electrons. The maximum Gasteiger partial charge on any atom is 0.336 e. The van der Waals surface area contributed by atoms with Crippen LogP contribution in [0.2, 0.25) is 5.02 Å². The topological polar surface area (TPSA) is 108 Å². The maximum absolute atomic E-state index is 13.4. The quantitative estimate of drug-likeness (QED) is 0.291. The molecule has 0 aliphatic heterocycles. The minimum Gasteiger partial charge on any atom is -0.463 e. The van der Waals surface area contributed by atoms with E-state index in [0.29, 0.717) is 35.5 Å². The smallest absolute Gasteiger partial charge is 0.336 e. The monoisotopic (exact) mass is 490 g/mol. The largest absolute Gasteiger partial charge is 0.463 e. The van der Waals surface area contributed by atoms with Gasteiger partial charge in [-0.3, -0.25) is 9.59 Å². The number of rotatable bonds is 10. The van der Waals surface area contributed by atoms with Gasteiger partial charge in [0.1, 0.15) is 0 Å². The van der Waals surface area contributed by atoms with E-state index in [1.54, 1.807) is 25.1 Å². The Balaban J connectivity index is 2.61. The third-order valence-electron chi connectivity index (χ3n) is 5.66. The Bertz CT molecular complexity index is 997. The maximum atomic E-state index is 13.4. The van der Waals surface area contributed by atoms with Crippen LogP contribution >= 0.6 is 11.6 Å². The summed E-state index contributed by atoms with van der Waals surface area (Å²) in [5, 5.41) is 3.06. The second-order valence-electron chi connectivity index (χ2n) is 9.28. The number of nitrogens with one attached hydrogen (secondary N) is 1. The van der Waals surface area contributed by atoms with Crippen LogP contribution in [0.25, 0.3) is 0 Å². The van der Waals surface area contributed by atoms with E-state index in [-0.39, 0.29) is 48.2 Å². The molecule has 34 heavy (non-hydrogen) atoms. The van der Waals surface area contributed by atoms with Crippen molar-refractivity contribution < 1.29 is 23.9 Å². The number of allylic oxidation sites excluding steroid dienone is 2. The average Bonchev–Trinajstić information content (AvgIpc) is 2.71. The van der Waals surface area contributed by atoms with E-state index < -0.39 is 11.9 Å². The molecular weight excluding hydrogens is 456 g/mol. The summed E-state index contributed by atoms with van der Waals surface area (Å²) in [6.07, 6.45) is 1.06. The summed E-state index contributed by atoms with van der Waals surface area (Å²) in [6.45, 7) is 9.74. The minimum absolute atomic E-state index is 0.0418. The predicted molar refractivity (Wildman–Crippen MR) is 132 cm³/mol. The van der Waals surface area contributed by atoms with Crippen LogP contribution in [0.3, 0.4) is 0 Å². The van der Waals surface area contributed by atoms with Gasteiger partial charge in [-0.1, -0.05) is 49.2 Å². The van der Waals surface area contributed by atoms with Crippen molar-refractivity contribution in [1.82, 2.24) is 5.32 Å². The lowest BCUT2D eigenvalue weighted by Crippen LogP contribution is -2.32. The van der Waals surface area contributed by atoms with Gasteiger partial charge in [-0.05, 0) is 37.3 Å². The van der Waals surface area contributed by atoms with Crippen molar-refractivity contribution in [3.63, 3.8) is 0 Å². The normalized spacial score (nSPS) is 17.2. The Labute approximate surface area is 206 Å². The fraction of sp³-hybridized carbons (Fsp3) is 0.500. The Morgan fingerprint density at radius 1 is 1.24 bits per heavy atom. The molecule has 1 aliphatic rings. The molecule has 1 aliphatic carbocycles. The molecule has 1 atom stereocenters. The number of ether oxygens (including phenoxy) is 2. The predicted octanol–water partition coefficient (Wildman–Crippen LogP) is 4.06. The van der Waals surface area contributed by atoms with Crippen molar-refractivity contribution in [3.05, 3.63) is 57.3 Å². The van der Waals surface area contributed by atoms with E-state index in [0.717, 1.165) is 5.57 Å². The van der Waals surface area contributed by atoms with Crippen LogP contribution in [0.4, 0.5) is 0 Å². The lowest BCUT2D eigenvalue weighted by Gasteiger charge is -2.35. The highest BCUT2D eigenvalue weighted by molar-refractivity contribution is 6.31. The first-order valence-corrected chi connectivity index (χ1v) is 11.8. The number of carbonyl (C=O) groups excluding carboxylic acids is 3. The van der Waals surface area contributed by atoms with Crippen LogP contribution in [0.5, 0.6) is 0 Å². The van der Waals surface area contributed by atoms with E-state index >= 15 is 0 Å². The molecule has 3 N–H and O–H groups in total. The Hall–Kier alpha value is -2.64. The lowest BCUT2D eigenvalue weighted by molar-refractivity contribution is -0.138. The molecular formula is C26H35ClN2O5. The van der Waals surface area contributed by atoms with Crippen molar-refractivity contribution >= 4 is 29.3 Å². The molecule has 0 bridgehead atoms. The highest BCUT2D eigenvalue weighted by atomic mass is 35.5. The molecule has 1 unspecified atom stereocenters. The highest BCUT2D eigenvalue weighted by Crippen LogP contribution is 2.46. The summed E-state index contributed by atoms with van der Waals surface area (Å²) in [5.41, 5.74) is 8.58. The van der Waals surface area contributed by atoms with Gasteiger partial charge in [0.25, 0.3) is 0 Å². The Morgan fingerprint density at radius 3 is 2.50 bits per heavy atom. The highest BCUT2D eigenvalue weighted by Gasteiger charge is 2.40. The number of carbonyl (C=O) groups is 3. The SMILES string of the molecule is CCOC(=O)/C(=C(/N)COCCNC(C)=O)C(C1=C(C)CC(C)(C)CC1=O)c1ccccc1Cl. The molecule has 0 saturated carbocycles. The van der Waals surface area contributed by atoms with E-state index in [4.69, 9.17) is 26.8 Å². The van der Waals surface area contributed by atoms with Gasteiger partial charge in [-0.25, -0.2) is 4.79 Å². The van der Waals surface area contributed by atoms with Crippen molar-refractivity contribution in [2.24, 2.45) is 11.1 Å².